The molecule has 3 aliphatic rings. The number of nitriles is 1. The van der Waals surface area contributed by atoms with Crippen molar-refractivity contribution in [3.63, 3.8) is 0 Å². The number of hydrogen-bond acceptors (Lipinski definition) is 4. The first-order valence-electron chi connectivity index (χ1n) is 19.3. The van der Waals surface area contributed by atoms with Crippen LogP contribution in [-0.4, -0.2) is 15.0 Å². The van der Waals surface area contributed by atoms with Crippen molar-refractivity contribution in [2.45, 2.75) is 50.4 Å². The summed E-state index contributed by atoms with van der Waals surface area (Å²) in [6, 6.07) is 53.7. The van der Waals surface area contributed by atoms with Gasteiger partial charge in [0.25, 0.3) is 0 Å². The molecule has 2 unspecified atom stereocenters. The van der Waals surface area contributed by atoms with Gasteiger partial charge in [-0.2, -0.15) is 5.26 Å². The van der Waals surface area contributed by atoms with Gasteiger partial charge >= 0.3 is 0 Å². The third-order valence-electron chi connectivity index (χ3n) is 12.4. The maximum Gasteiger partial charge on any atom is 0.164 e. The fourth-order valence-electron chi connectivity index (χ4n) is 9.83. The van der Waals surface area contributed by atoms with Gasteiger partial charge in [-0.15, -0.1) is 0 Å². The summed E-state index contributed by atoms with van der Waals surface area (Å²) >= 11 is 0. The Bertz CT molecular complexity index is 2540. The number of hydrogen-bond donors (Lipinski definition) is 0. The van der Waals surface area contributed by atoms with Gasteiger partial charge in [-0.25, -0.2) is 15.0 Å². The molecule has 0 radical (unpaired) electrons. The lowest BCUT2D eigenvalue weighted by Crippen LogP contribution is -2.30. The molecule has 0 amide bonds. The minimum atomic E-state index is 0.138. The predicted octanol–water partition coefficient (Wildman–Crippen LogP) is 12.0. The third kappa shape index (κ3) is 5.72. The SMILES string of the molecule is CC1(c2ccc(-c3nc(-c4ccccc4)nc(-c4ccc(-c5ccc(C6c7ccccc7-c7cc(C#N)ccc76)cc5)cc4)n3)cc2)C[C@@H]2CC[C@@H](C2)C1. The zero-order valence-corrected chi connectivity index (χ0v) is 30.4. The van der Waals surface area contributed by atoms with E-state index < -0.39 is 0 Å². The first-order chi connectivity index (χ1) is 26.5. The topological polar surface area (TPSA) is 62.5 Å². The number of fused-ring (bicyclic) bond motifs is 5. The van der Waals surface area contributed by atoms with Gasteiger partial charge in [0.15, 0.2) is 17.5 Å². The number of benzene rings is 6. The molecule has 0 saturated heterocycles. The van der Waals surface area contributed by atoms with E-state index in [0.717, 1.165) is 45.2 Å². The van der Waals surface area contributed by atoms with Crippen molar-refractivity contribution in [2.24, 2.45) is 11.8 Å². The molecule has 2 fully saturated rings. The summed E-state index contributed by atoms with van der Waals surface area (Å²) in [5.41, 5.74) is 13.7. The maximum atomic E-state index is 9.55. The molecule has 260 valence electrons. The average molecular weight is 697 g/mol. The summed E-state index contributed by atoms with van der Waals surface area (Å²) < 4.78 is 0. The second-order valence-corrected chi connectivity index (χ2v) is 15.9. The van der Waals surface area contributed by atoms with Gasteiger partial charge in [-0.1, -0.05) is 153 Å². The van der Waals surface area contributed by atoms with E-state index in [1.807, 2.05) is 30.3 Å². The molecule has 6 aromatic carbocycles. The van der Waals surface area contributed by atoms with Crippen molar-refractivity contribution >= 4 is 0 Å². The summed E-state index contributed by atoms with van der Waals surface area (Å²) in [5, 5.41) is 9.55. The Kier molecular flexibility index (Phi) is 7.84. The smallest absolute Gasteiger partial charge is 0.164 e. The largest absolute Gasteiger partial charge is 0.208 e. The first kappa shape index (κ1) is 32.5. The summed E-state index contributed by atoms with van der Waals surface area (Å²) in [6.45, 7) is 2.47. The van der Waals surface area contributed by atoms with E-state index in [9.17, 15) is 5.26 Å². The van der Waals surface area contributed by atoms with E-state index in [0.29, 0.717) is 23.0 Å². The van der Waals surface area contributed by atoms with Crippen LogP contribution in [0.2, 0.25) is 0 Å². The minimum Gasteiger partial charge on any atom is -0.208 e. The van der Waals surface area contributed by atoms with Gasteiger partial charge in [0, 0.05) is 22.6 Å². The van der Waals surface area contributed by atoms with Gasteiger partial charge in [-0.3, -0.25) is 0 Å². The van der Waals surface area contributed by atoms with Gasteiger partial charge in [0.2, 0.25) is 0 Å². The monoisotopic (exact) mass is 696 g/mol. The van der Waals surface area contributed by atoms with Crippen LogP contribution in [-0.2, 0) is 5.41 Å². The lowest BCUT2D eigenvalue weighted by atomic mass is 9.66. The molecule has 3 aliphatic carbocycles. The Morgan fingerprint density at radius 1 is 0.537 bits per heavy atom. The molecule has 10 rings (SSSR count). The molecule has 1 aromatic heterocycles. The highest BCUT2D eigenvalue weighted by atomic mass is 15.0. The molecular formula is C50H40N4. The molecule has 0 aliphatic heterocycles. The quantitative estimate of drug-likeness (QED) is 0.174. The molecule has 0 N–H and O–H groups in total. The standard InChI is InChI=1S/C50H40N4/c1-50(29-32-11-12-33(27-32)30-50)41-24-22-40(23-25-41)49-53-47(38-7-3-2-4-8-38)52-48(54-49)39-20-16-36(17-21-39)35-14-18-37(19-15-35)46-43-10-6-5-9-42(43)45-28-34(31-51)13-26-44(45)46/h2-10,13-26,28,32-33,46H,11-12,27,29-30H2,1H3/t32-,33+,46?,50?. The fraction of sp³-hybridized carbons (Fsp3) is 0.200. The number of nitrogens with zero attached hydrogens (tertiary/aromatic N) is 4. The summed E-state index contributed by atoms with van der Waals surface area (Å²) in [5.74, 6) is 3.93. The third-order valence-corrected chi connectivity index (χ3v) is 12.4. The van der Waals surface area contributed by atoms with Gasteiger partial charge in [-0.05, 0) is 93.2 Å². The molecule has 4 nitrogen and oxygen atoms in total. The maximum absolute atomic E-state index is 9.55. The van der Waals surface area contributed by atoms with Crippen LogP contribution in [0.4, 0.5) is 0 Å². The van der Waals surface area contributed by atoms with Crippen molar-refractivity contribution in [3.8, 4) is 62.5 Å². The van der Waals surface area contributed by atoms with Crippen LogP contribution in [0, 0.1) is 23.2 Å². The molecule has 1 heterocycles. The first-order valence-corrected chi connectivity index (χ1v) is 19.3. The zero-order chi connectivity index (χ0) is 36.2. The molecule has 4 heteroatoms. The lowest BCUT2D eigenvalue weighted by molar-refractivity contribution is 0.232. The van der Waals surface area contributed by atoms with Gasteiger partial charge in [0.1, 0.15) is 0 Å². The second kappa shape index (κ2) is 13.0. The predicted molar refractivity (Wildman–Crippen MR) is 217 cm³/mol. The van der Waals surface area contributed by atoms with Crippen LogP contribution in [0.3, 0.4) is 0 Å². The minimum absolute atomic E-state index is 0.138. The summed E-state index contributed by atoms with van der Waals surface area (Å²) in [7, 11) is 0. The van der Waals surface area contributed by atoms with E-state index in [4.69, 9.17) is 15.0 Å². The Morgan fingerprint density at radius 3 is 1.69 bits per heavy atom. The van der Waals surface area contributed by atoms with Gasteiger partial charge in [0.05, 0.1) is 11.6 Å². The van der Waals surface area contributed by atoms with Crippen molar-refractivity contribution < 1.29 is 0 Å². The van der Waals surface area contributed by atoms with E-state index in [1.54, 1.807) is 0 Å². The Balaban J connectivity index is 0.947. The molecule has 4 atom stereocenters. The van der Waals surface area contributed by atoms with E-state index in [1.165, 1.54) is 59.9 Å². The summed E-state index contributed by atoms with van der Waals surface area (Å²) in [4.78, 5) is 15.0. The molecule has 7 aromatic rings. The highest BCUT2D eigenvalue weighted by Crippen LogP contribution is 2.52. The Morgan fingerprint density at radius 2 is 1.06 bits per heavy atom. The average Bonchev–Trinajstić information content (AvgIpc) is 3.76. The van der Waals surface area contributed by atoms with Crippen molar-refractivity contribution in [1.29, 1.82) is 5.26 Å². The highest BCUT2D eigenvalue weighted by Gasteiger charge is 2.41. The van der Waals surface area contributed by atoms with E-state index in [-0.39, 0.29) is 11.3 Å². The second-order valence-electron chi connectivity index (χ2n) is 15.9. The van der Waals surface area contributed by atoms with Crippen molar-refractivity contribution in [3.05, 3.63) is 173 Å². The molecular weight excluding hydrogens is 657 g/mol. The van der Waals surface area contributed by atoms with Crippen LogP contribution in [0.15, 0.2) is 146 Å². The molecule has 2 bridgehead atoms. The van der Waals surface area contributed by atoms with Crippen LogP contribution in [0.1, 0.15) is 72.8 Å². The molecule has 54 heavy (non-hydrogen) atoms. The Hall–Kier alpha value is -6.18. The van der Waals surface area contributed by atoms with E-state index in [2.05, 4.69) is 128 Å². The Labute approximate surface area is 317 Å². The van der Waals surface area contributed by atoms with Crippen LogP contribution in [0.5, 0.6) is 0 Å². The molecule has 2 saturated carbocycles. The van der Waals surface area contributed by atoms with Crippen LogP contribution in [0.25, 0.3) is 56.4 Å². The van der Waals surface area contributed by atoms with Gasteiger partial charge < -0.3 is 0 Å². The highest BCUT2D eigenvalue weighted by molar-refractivity contribution is 5.82. The molecule has 0 spiro atoms. The lowest BCUT2D eigenvalue weighted by Gasteiger charge is -2.38. The number of rotatable bonds is 6. The van der Waals surface area contributed by atoms with Crippen LogP contribution < -0.4 is 0 Å². The fourth-order valence-corrected chi connectivity index (χ4v) is 9.83. The summed E-state index contributed by atoms with van der Waals surface area (Å²) in [6.07, 6.45) is 6.82. The van der Waals surface area contributed by atoms with E-state index >= 15 is 0 Å². The van der Waals surface area contributed by atoms with Crippen LogP contribution >= 0.6 is 0 Å². The van der Waals surface area contributed by atoms with Crippen molar-refractivity contribution in [1.82, 2.24) is 15.0 Å². The van der Waals surface area contributed by atoms with Crippen molar-refractivity contribution in [2.75, 3.05) is 0 Å². The zero-order valence-electron chi connectivity index (χ0n) is 30.4. The number of aromatic nitrogens is 3. The normalized spacial score (nSPS) is 20.9.